The predicted octanol–water partition coefficient (Wildman–Crippen LogP) is 1.43. The van der Waals surface area contributed by atoms with E-state index in [0.29, 0.717) is 6.54 Å². The Morgan fingerprint density at radius 1 is 1.67 bits per heavy atom. The number of hydrogen-bond donors (Lipinski definition) is 2. The molecule has 5 heteroatoms. The van der Waals surface area contributed by atoms with Crippen molar-refractivity contribution >= 4 is 29.1 Å². The second-order valence-electron chi connectivity index (χ2n) is 2.21. The van der Waals surface area contributed by atoms with Crippen LogP contribution in [0.3, 0.4) is 0 Å². The lowest BCUT2D eigenvalue weighted by Gasteiger charge is -2.02. The van der Waals surface area contributed by atoms with Gasteiger partial charge in [-0.15, -0.1) is 0 Å². The molecule has 1 aromatic heterocycles. The van der Waals surface area contributed by atoms with Crippen molar-refractivity contribution in [1.29, 1.82) is 0 Å². The molecule has 0 aliphatic heterocycles. The monoisotopic (exact) mass is 206 g/mol. The maximum absolute atomic E-state index is 10.8. The van der Waals surface area contributed by atoms with E-state index in [4.69, 9.17) is 23.2 Å². The second-order valence-corrected chi connectivity index (χ2v) is 3.31. The molecular formula is C7H8Cl2N2O. The fraction of sp³-hybridized carbons (Fsp3) is 0.286. The molecule has 12 heavy (non-hydrogen) atoms. The third-order valence-corrected chi connectivity index (χ3v) is 1.71. The van der Waals surface area contributed by atoms with Crippen molar-refractivity contribution in [2.45, 2.75) is 11.4 Å². The molecule has 1 rings (SSSR count). The molecule has 0 unspecified atom stereocenters. The third-order valence-electron chi connectivity index (χ3n) is 1.31. The highest BCUT2D eigenvalue weighted by atomic mass is 35.5. The van der Waals surface area contributed by atoms with Crippen LogP contribution in [-0.2, 0) is 11.3 Å². The predicted molar refractivity (Wildman–Crippen MR) is 48.1 cm³/mol. The van der Waals surface area contributed by atoms with Crippen LogP contribution in [0, 0.1) is 0 Å². The minimum Gasteiger partial charge on any atom is -0.364 e. The zero-order chi connectivity index (χ0) is 8.97. The van der Waals surface area contributed by atoms with E-state index in [0.717, 1.165) is 5.69 Å². The van der Waals surface area contributed by atoms with E-state index in [1.165, 1.54) is 0 Å². The molecule has 1 aromatic rings. The highest BCUT2D eigenvalue weighted by Crippen LogP contribution is 2.01. The number of amides is 1. The lowest BCUT2D eigenvalue weighted by molar-refractivity contribution is -0.119. The number of nitrogens with one attached hydrogen (secondary N) is 2. The zero-order valence-corrected chi connectivity index (χ0v) is 7.69. The van der Waals surface area contributed by atoms with Gasteiger partial charge in [-0.2, -0.15) is 0 Å². The summed E-state index contributed by atoms with van der Waals surface area (Å²) in [4.78, 5) is 12.8. The minimum atomic E-state index is -1.00. The van der Waals surface area contributed by atoms with Gasteiger partial charge in [0.2, 0.25) is 0 Å². The van der Waals surface area contributed by atoms with Crippen LogP contribution in [0.15, 0.2) is 18.3 Å². The van der Waals surface area contributed by atoms with E-state index in [1.54, 1.807) is 6.20 Å². The van der Waals surface area contributed by atoms with Gasteiger partial charge < -0.3 is 10.3 Å². The van der Waals surface area contributed by atoms with E-state index in [-0.39, 0.29) is 5.91 Å². The van der Waals surface area contributed by atoms with Gasteiger partial charge in [0, 0.05) is 11.9 Å². The van der Waals surface area contributed by atoms with Crippen molar-refractivity contribution in [3.05, 3.63) is 24.0 Å². The first-order valence-corrected chi connectivity index (χ1v) is 4.25. The van der Waals surface area contributed by atoms with Crippen LogP contribution in [0.5, 0.6) is 0 Å². The van der Waals surface area contributed by atoms with Crippen LogP contribution >= 0.6 is 23.2 Å². The Labute approximate surface area is 80.1 Å². The SMILES string of the molecule is O=C(NCc1ccc[nH]1)C(Cl)Cl. The number of hydrogen-bond acceptors (Lipinski definition) is 1. The summed E-state index contributed by atoms with van der Waals surface area (Å²) in [6.45, 7) is 0.418. The van der Waals surface area contributed by atoms with E-state index in [9.17, 15) is 4.79 Å². The van der Waals surface area contributed by atoms with Crippen LogP contribution in [0.4, 0.5) is 0 Å². The Morgan fingerprint density at radius 3 is 2.92 bits per heavy atom. The number of H-pyrrole nitrogens is 1. The molecule has 0 aliphatic rings. The number of alkyl halides is 2. The summed E-state index contributed by atoms with van der Waals surface area (Å²) in [6.07, 6.45) is 1.78. The fourth-order valence-electron chi connectivity index (χ4n) is 0.737. The van der Waals surface area contributed by atoms with Crippen LogP contribution in [0.1, 0.15) is 5.69 Å². The Bertz CT molecular complexity index is 246. The normalized spacial score (nSPS) is 10.2. The van der Waals surface area contributed by atoms with Gasteiger partial charge in [0.1, 0.15) is 0 Å². The summed E-state index contributed by atoms with van der Waals surface area (Å²) >= 11 is 10.6. The fourth-order valence-corrected chi connectivity index (χ4v) is 0.891. The van der Waals surface area contributed by atoms with E-state index >= 15 is 0 Å². The molecule has 0 aliphatic carbocycles. The molecule has 0 fully saturated rings. The van der Waals surface area contributed by atoms with Gasteiger partial charge >= 0.3 is 0 Å². The summed E-state index contributed by atoms with van der Waals surface area (Å²) < 4.78 is 0. The van der Waals surface area contributed by atoms with Crippen molar-refractivity contribution < 1.29 is 4.79 Å². The molecule has 0 radical (unpaired) electrons. The topological polar surface area (TPSA) is 44.9 Å². The Hall–Kier alpha value is -0.670. The Morgan fingerprint density at radius 2 is 2.42 bits per heavy atom. The van der Waals surface area contributed by atoms with Crippen LogP contribution in [-0.4, -0.2) is 15.7 Å². The molecule has 0 bridgehead atoms. The molecule has 0 atom stereocenters. The van der Waals surface area contributed by atoms with Crippen molar-refractivity contribution in [3.8, 4) is 0 Å². The van der Waals surface area contributed by atoms with Crippen LogP contribution in [0.2, 0.25) is 0 Å². The second kappa shape index (κ2) is 4.38. The molecule has 3 nitrogen and oxygen atoms in total. The van der Waals surface area contributed by atoms with Crippen molar-refractivity contribution in [2.24, 2.45) is 0 Å². The lowest BCUT2D eigenvalue weighted by atomic mass is 10.4. The van der Waals surface area contributed by atoms with Gasteiger partial charge in [0.05, 0.1) is 6.54 Å². The summed E-state index contributed by atoms with van der Waals surface area (Å²) in [5.41, 5.74) is 0.914. The zero-order valence-electron chi connectivity index (χ0n) is 6.18. The maximum Gasteiger partial charge on any atom is 0.253 e. The summed E-state index contributed by atoms with van der Waals surface area (Å²) in [5, 5.41) is 2.55. The molecule has 1 heterocycles. The molecule has 0 spiro atoms. The van der Waals surface area contributed by atoms with Crippen molar-refractivity contribution in [1.82, 2.24) is 10.3 Å². The lowest BCUT2D eigenvalue weighted by Crippen LogP contribution is -2.27. The Balaban J connectivity index is 2.32. The van der Waals surface area contributed by atoms with Crippen LogP contribution in [0.25, 0.3) is 0 Å². The highest BCUT2D eigenvalue weighted by Gasteiger charge is 2.09. The summed E-state index contributed by atoms with van der Waals surface area (Å²) in [7, 11) is 0. The summed E-state index contributed by atoms with van der Waals surface area (Å²) in [6, 6.07) is 3.71. The first kappa shape index (κ1) is 9.42. The molecule has 1 amide bonds. The average Bonchev–Trinajstić information content (AvgIpc) is 2.51. The molecule has 0 saturated carbocycles. The molecule has 0 saturated heterocycles. The number of carbonyl (C=O) groups is 1. The molecular weight excluding hydrogens is 199 g/mol. The van der Waals surface area contributed by atoms with Crippen molar-refractivity contribution in [3.63, 3.8) is 0 Å². The van der Waals surface area contributed by atoms with Gasteiger partial charge in [-0.05, 0) is 12.1 Å². The first-order chi connectivity index (χ1) is 5.70. The van der Waals surface area contributed by atoms with E-state index in [2.05, 4.69) is 10.3 Å². The standard InChI is InChI=1S/C7H8Cl2N2O/c8-6(9)7(12)11-4-5-2-1-3-10-5/h1-3,6,10H,4H2,(H,11,12). The molecule has 66 valence electrons. The molecule has 0 aromatic carbocycles. The summed E-state index contributed by atoms with van der Waals surface area (Å²) in [5.74, 6) is -0.382. The van der Waals surface area contributed by atoms with Gasteiger partial charge in [0.25, 0.3) is 5.91 Å². The Kier molecular flexibility index (Phi) is 3.44. The van der Waals surface area contributed by atoms with Gasteiger partial charge in [0.15, 0.2) is 4.84 Å². The van der Waals surface area contributed by atoms with Gasteiger partial charge in [-0.3, -0.25) is 4.79 Å². The molecule has 2 N–H and O–H groups in total. The maximum atomic E-state index is 10.8. The number of rotatable bonds is 3. The average molecular weight is 207 g/mol. The van der Waals surface area contributed by atoms with Crippen molar-refractivity contribution in [2.75, 3.05) is 0 Å². The van der Waals surface area contributed by atoms with Gasteiger partial charge in [-0.1, -0.05) is 23.2 Å². The number of aromatic nitrogens is 1. The van der Waals surface area contributed by atoms with E-state index < -0.39 is 4.84 Å². The highest BCUT2D eigenvalue weighted by molar-refractivity contribution is 6.53. The van der Waals surface area contributed by atoms with Gasteiger partial charge in [-0.25, -0.2) is 0 Å². The van der Waals surface area contributed by atoms with E-state index in [1.807, 2.05) is 12.1 Å². The first-order valence-electron chi connectivity index (χ1n) is 3.38. The largest absolute Gasteiger partial charge is 0.364 e. The quantitative estimate of drug-likeness (QED) is 0.723. The smallest absolute Gasteiger partial charge is 0.253 e. The van der Waals surface area contributed by atoms with Crippen LogP contribution < -0.4 is 5.32 Å². The number of carbonyl (C=O) groups excluding carboxylic acids is 1. The number of aromatic amines is 1. The third kappa shape index (κ3) is 2.75. The number of halogens is 2. The minimum absolute atomic E-state index is 0.382.